The summed E-state index contributed by atoms with van der Waals surface area (Å²) in [5, 5.41) is 0.610. The lowest BCUT2D eigenvalue weighted by Crippen LogP contribution is -2.26. The normalized spacial score (nSPS) is 13.0. The topological polar surface area (TPSA) is 71.1 Å². The molecule has 0 aliphatic carbocycles. The van der Waals surface area contributed by atoms with Gasteiger partial charge in [-0.2, -0.15) is 0 Å². The van der Waals surface area contributed by atoms with Crippen LogP contribution >= 0.6 is 34.8 Å². The van der Waals surface area contributed by atoms with Gasteiger partial charge in [-0.3, -0.25) is 9.59 Å². The van der Waals surface area contributed by atoms with Gasteiger partial charge in [0.25, 0.3) is 0 Å². The molecule has 35 heavy (non-hydrogen) atoms. The molecular formula is C25H28Cl3FO6. The summed E-state index contributed by atoms with van der Waals surface area (Å²) >= 11 is 18.8. The highest BCUT2D eigenvalue weighted by Crippen LogP contribution is 2.40. The molecule has 0 aliphatic heterocycles. The first kappa shape index (κ1) is 29.0. The van der Waals surface area contributed by atoms with E-state index in [1.54, 1.807) is 24.3 Å². The van der Waals surface area contributed by atoms with Crippen molar-refractivity contribution in [3.05, 3.63) is 57.6 Å². The molecule has 2 aromatic rings. The number of rotatable bonds is 12. The highest BCUT2D eigenvalue weighted by molar-refractivity contribution is 6.37. The van der Waals surface area contributed by atoms with Crippen molar-refractivity contribution in [3.63, 3.8) is 0 Å². The number of ether oxygens (including phenoxy) is 4. The van der Waals surface area contributed by atoms with Gasteiger partial charge in [0.2, 0.25) is 0 Å². The van der Waals surface area contributed by atoms with Gasteiger partial charge in [-0.05, 0) is 35.4 Å². The molecule has 0 saturated heterocycles. The maximum Gasteiger partial charge on any atom is 0.303 e. The third-order valence-electron chi connectivity index (χ3n) is 5.15. The Morgan fingerprint density at radius 2 is 1.40 bits per heavy atom. The molecule has 0 bridgehead atoms. The number of hydrogen-bond donors (Lipinski definition) is 0. The Bertz CT molecular complexity index is 990. The van der Waals surface area contributed by atoms with Crippen LogP contribution in [0.5, 0.6) is 11.5 Å². The SMILES string of the molecule is CC(=O)O[C@H](CF)COc1ccc(C(C)(C)c2cc(Cl)c(OC[C@H](CCl)OC(C)=O)c(Cl)c2)cc1. The van der Waals surface area contributed by atoms with E-state index in [0.717, 1.165) is 11.1 Å². The molecule has 0 heterocycles. The van der Waals surface area contributed by atoms with E-state index in [1.807, 2.05) is 26.0 Å². The molecule has 0 N–H and O–H groups in total. The summed E-state index contributed by atoms with van der Waals surface area (Å²) in [5.74, 6) is -0.176. The molecule has 0 radical (unpaired) electrons. The van der Waals surface area contributed by atoms with Gasteiger partial charge in [0.05, 0.1) is 15.9 Å². The average Bonchev–Trinajstić information content (AvgIpc) is 2.80. The fraction of sp³-hybridized carbons (Fsp3) is 0.440. The highest BCUT2D eigenvalue weighted by atomic mass is 35.5. The van der Waals surface area contributed by atoms with Crippen LogP contribution in [0, 0.1) is 0 Å². The number of carbonyl (C=O) groups is 2. The van der Waals surface area contributed by atoms with Gasteiger partial charge in [-0.15, -0.1) is 11.6 Å². The third kappa shape index (κ3) is 8.44. The maximum absolute atomic E-state index is 13.0. The van der Waals surface area contributed by atoms with E-state index in [4.69, 9.17) is 53.8 Å². The molecule has 0 aromatic heterocycles. The van der Waals surface area contributed by atoms with Crippen molar-refractivity contribution in [1.82, 2.24) is 0 Å². The van der Waals surface area contributed by atoms with E-state index in [-0.39, 0.29) is 24.8 Å². The Hall–Kier alpha value is -2.22. The van der Waals surface area contributed by atoms with Gasteiger partial charge in [0, 0.05) is 19.3 Å². The van der Waals surface area contributed by atoms with Crippen molar-refractivity contribution < 1.29 is 32.9 Å². The van der Waals surface area contributed by atoms with E-state index in [2.05, 4.69) is 0 Å². The van der Waals surface area contributed by atoms with E-state index in [0.29, 0.717) is 15.8 Å². The van der Waals surface area contributed by atoms with Crippen LogP contribution in [-0.2, 0) is 24.5 Å². The van der Waals surface area contributed by atoms with Crippen molar-refractivity contribution in [2.45, 2.75) is 45.3 Å². The summed E-state index contributed by atoms with van der Waals surface area (Å²) in [6.07, 6.45) is -1.59. The standard InChI is InChI=1S/C25H28Cl3FO6/c1-15(30)34-20(11-26)13-33-24-22(27)9-18(10-23(24)28)25(3,4)17-5-7-19(8-6-17)32-14-21(12-29)35-16(2)31/h5-10,20-21H,11-14H2,1-4H3/t20-,21+/m0/s1. The second-order valence-electron chi connectivity index (χ2n) is 8.31. The van der Waals surface area contributed by atoms with Crippen molar-refractivity contribution in [3.8, 4) is 11.5 Å². The first-order valence-electron chi connectivity index (χ1n) is 10.8. The lowest BCUT2D eigenvalue weighted by Gasteiger charge is -2.27. The van der Waals surface area contributed by atoms with Crippen LogP contribution in [0.25, 0.3) is 0 Å². The van der Waals surface area contributed by atoms with Crippen LogP contribution in [0.2, 0.25) is 10.0 Å². The number of benzene rings is 2. The molecule has 0 aliphatic rings. The van der Waals surface area contributed by atoms with Gasteiger partial charge in [-0.25, -0.2) is 4.39 Å². The molecule has 2 aromatic carbocycles. The minimum atomic E-state index is -0.956. The van der Waals surface area contributed by atoms with Crippen LogP contribution < -0.4 is 9.47 Å². The van der Waals surface area contributed by atoms with Crippen molar-refractivity contribution in [2.75, 3.05) is 25.8 Å². The van der Waals surface area contributed by atoms with Gasteiger partial charge < -0.3 is 18.9 Å². The maximum atomic E-state index is 13.0. The summed E-state index contributed by atoms with van der Waals surface area (Å²) in [4.78, 5) is 22.2. The number of esters is 2. The Balaban J connectivity index is 2.14. The Morgan fingerprint density at radius 3 is 1.89 bits per heavy atom. The van der Waals surface area contributed by atoms with Crippen molar-refractivity contribution in [2.24, 2.45) is 0 Å². The zero-order valence-electron chi connectivity index (χ0n) is 19.9. The highest BCUT2D eigenvalue weighted by Gasteiger charge is 2.26. The Labute approximate surface area is 219 Å². The number of halogens is 4. The van der Waals surface area contributed by atoms with E-state index < -0.39 is 36.2 Å². The molecule has 6 nitrogen and oxygen atoms in total. The quantitative estimate of drug-likeness (QED) is 0.234. The first-order valence-corrected chi connectivity index (χ1v) is 12.1. The van der Waals surface area contributed by atoms with Crippen LogP contribution in [0.4, 0.5) is 4.39 Å². The first-order chi connectivity index (χ1) is 16.5. The smallest absolute Gasteiger partial charge is 0.303 e. The van der Waals surface area contributed by atoms with Crippen LogP contribution in [0.3, 0.4) is 0 Å². The lowest BCUT2D eigenvalue weighted by atomic mass is 9.78. The minimum absolute atomic E-state index is 0.00738. The number of carbonyl (C=O) groups excluding carboxylic acids is 2. The summed E-state index contributed by atoms with van der Waals surface area (Å²) in [6.45, 7) is 5.61. The van der Waals surface area contributed by atoms with E-state index in [1.165, 1.54) is 13.8 Å². The second kappa shape index (κ2) is 13.2. The predicted octanol–water partition coefficient (Wildman–Crippen LogP) is 6.15. The fourth-order valence-corrected chi connectivity index (χ4v) is 4.00. The van der Waals surface area contributed by atoms with Gasteiger partial charge in [0.15, 0.2) is 11.9 Å². The zero-order valence-corrected chi connectivity index (χ0v) is 22.2. The minimum Gasteiger partial charge on any atom is -0.490 e. The predicted molar refractivity (Wildman–Crippen MR) is 134 cm³/mol. The molecule has 2 atom stereocenters. The molecule has 2 rings (SSSR count). The van der Waals surface area contributed by atoms with Crippen LogP contribution in [-0.4, -0.2) is 49.9 Å². The Morgan fingerprint density at radius 1 is 0.886 bits per heavy atom. The molecule has 192 valence electrons. The van der Waals surface area contributed by atoms with Crippen LogP contribution in [0.1, 0.15) is 38.8 Å². The lowest BCUT2D eigenvalue weighted by molar-refractivity contribution is -0.149. The molecule has 0 amide bonds. The monoisotopic (exact) mass is 548 g/mol. The summed E-state index contributed by atoms with van der Waals surface area (Å²) < 4.78 is 34.1. The summed E-state index contributed by atoms with van der Waals surface area (Å²) in [5.41, 5.74) is 1.31. The molecule has 10 heteroatoms. The van der Waals surface area contributed by atoms with Crippen LogP contribution in [0.15, 0.2) is 36.4 Å². The average molecular weight is 550 g/mol. The fourth-order valence-electron chi connectivity index (χ4n) is 3.25. The largest absolute Gasteiger partial charge is 0.490 e. The van der Waals surface area contributed by atoms with E-state index in [9.17, 15) is 14.0 Å². The summed E-state index contributed by atoms with van der Waals surface area (Å²) in [6, 6.07) is 10.8. The Kier molecular flexibility index (Phi) is 10.9. The summed E-state index contributed by atoms with van der Waals surface area (Å²) in [7, 11) is 0. The molecule has 0 saturated carbocycles. The second-order valence-corrected chi connectivity index (χ2v) is 9.43. The zero-order chi connectivity index (χ0) is 26.2. The third-order valence-corrected chi connectivity index (χ3v) is 6.06. The molecule has 0 fully saturated rings. The molecule has 0 spiro atoms. The van der Waals surface area contributed by atoms with E-state index >= 15 is 0 Å². The number of hydrogen-bond acceptors (Lipinski definition) is 6. The van der Waals surface area contributed by atoms with Gasteiger partial charge in [0.1, 0.15) is 31.7 Å². The van der Waals surface area contributed by atoms with Gasteiger partial charge in [-0.1, -0.05) is 49.2 Å². The molecular weight excluding hydrogens is 522 g/mol. The van der Waals surface area contributed by atoms with Crippen molar-refractivity contribution >= 4 is 46.7 Å². The molecule has 0 unspecified atom stereocenters. The van der Waals surface area contributed by atoms with Gasteiger partial charge >= 0.3 is 11.9 Å². The van der Waals surface area contributed by atoms with Crippen molar-refractivity contribution in [1.29, 1.82) is 0 Å². The number of alkyl halides is 2.